The van der Waals surface area contributed by atoms with E-state index in [1.165, 1.54) is 75.7 Å². The molecule has 0 atom stereocenters. The lowest BCUT2D eigenvalue weighted by atomic mass is 10.1. The van der Waals surface area contributed by atoms with Crippen LogP contribution in [0.15, 0.2) is 0 Å². The van der Waals surface area contributed by atoms with Crippen molar-refractivity contribution in [2.24, 2.45) is 0 Å². The Bertz CT molecular complexity index is 128. The van der Waals surface area contributed by atoms with Gasteiger partial charge in [0, 0.05) is 6.61 Å². The minimum atomic E-state index is 0.711. The monoisotopic (exact) mass is 270 g/mol. The predicted octanol–water partition coefficient (Wildman–Crippen LogP) is 5.13. The summed E-state index contributed by atoms with van der Waals surface area (Å²) in [7, 11) is 4.97. The van der Waals surface area contributed by atoms with Gasteiger partial charge < -0.3 is 4.65 Å². The SMILES string of the molecule is [B]OCCCCCSCCCCCCCCCC. The molecule has 18 heavy (non-hydrogen) atoms. The predicted molar refractivity (Wildman–Crippen MR) is 85.5 cm³/mol. The molecule has 0 amide bonds. The van der Waals surface area contributed by atoms with Gasteiger partial charge in [-0.15, -0.1) is 0 Å². The van der Waals surface area contributed by atoms with E-state index in [-0.39, 0.29) is 0 Å². The fourth-order valence-corrected chi connectivity index (χ4v) is 3.03. The molecule has 0 aromatic carbocycles. The number of hydrogen-bond donors (Lipinski definition) is 0. The maximum absolute atomic E-state index is 4.97. The van der Waals surface area contributed by atoms with Crippen molar-refractivity contribution in [2.45, 2.75) is 77.6 Å². The first-order valence-electron chi connectivity index (χ1n) is 7.81. The highest BCUT2D eigenvalue weighted by Gasteiger charge is 1.93. The molecule has 0 aromatic heterocycles. The minimum Gasteiger partial charge on any atom is -0.448 e. The Kier molecular flexibility index (Phi) is 17.7. The van der Waals surface area contributed by atoms with Crippen LogP contribution in [0.2, 0.25) is 0 Å². The smallest absolute Gasteiger partial charge is 0.282 e. The minimum absolute atomic E-state index is 0.711. The molecule has 0 aromatic rings. The molecular weight excluding hydrogens is 239 g/mol. The lowest BCUT2D eigenvalue weighted by molar-refractivity contribution is 0.335. The van der Waals surface area contributed by atoms with Crippen LogP contribution in [0.3, 0.4) is 0 Å². The molecule has 0 aliphatic heterocycles. The van der Waals surface area contributed by atoms with E-state index >= 15 is 0 Å². The highest BCUT2D eigenvalue weighted by atomic mass is 32.2. The first-order valence-corrected chi connectivity index (χ1v) is 8.96. The van der Waals surface area contributed by atoms with Gasteiger partial charge >= 0.3 is 0 Å². The van der Waals surface area contributed by atoms with Gasteiger partial charge in [0.25, 0.3) is 8.05 Å². The van der Waals surface area contributed by atoms with E-state index in [9.17, 15) is 0 Å². The number of hydrogen-bond acceptors (Lipinski definition) is 2. The lowest BCUT2D eigenvalue weighted by Gasteiger charge is -2.03. The first-order chi connectivity index (χ1) is 8.91. The van der Waals surface area contributed by atoms with E-state index in [2.05, 4.69) is 23.3 Å². The summed E-state index contributed by atoms with van der Waals surface area (Å²) < 4.78 is 4.54. The van der Waals surface area contributed by atoms with E-state index < -0.39 is 0 Å². The molecule has 0 aliphatic rings. The zero-order chi connectivity index (χ0) is 13.3. The molecule has 0 aliphatic carbocycles. The highest BCUT2D eigenvalue weighted by Crippen LogP contribution is 2.12. The van der Waals surface area contributed by atoms with Gasteiger partial charge in [0.15, 0.2) is 0 Å². The number of thioether (sulfide) groups is 1. The van der Waals surface area contributed by atoms with Crippen molar-refractivity contribution in [1.82, 2.24) is 0 Å². The van der Waals surface area contributed by atoms with Gasteiger partial charge in [0.2, 0.25) is 0 Å². The Morgan fingerprint density at radius 1 is 0.722 bits per heavy atom. The second kappa shape index (κ2) is 17.4. The molecule has 0 rings (SSSR count). The Hall–Kier alpha value is 0.375. The maximum atomic E-state index is 4.97. The van der Waals surface area contributed by atoms with Gasteiger partial charge in [-0.1, -0.05) is 58.3 Å². The highest BCUT2D eigenvalue weighted by molar-refractivity contribution is 7.99. The summed E-state index contributed by atoms with van der Waals surface area (Å²) in [6, 6.07) is 0. The molecule has 3 heteroatoms. The Labute approximate surface area is 120 Å². The van der Waals surface area contributed by atoms with Crippen LogP contribution in [0.4, 0.5) is 0 Å². The molecular formula is C15H31BOS. The summed E-state index contributed by atoms with van der Waals surface area (Å²) in [4.78, 5) is 0. The summed E-state index contributed by atoms with van der Waals surface area (Å²) >= 11 is 2.11. The average molecular weight is 270 g/mol. The third-order valence-corrected chi connectivity index (χ3v) is 4.35. The lowest BCUT2D eigenvalue weighted by Crippen LogP contribution is -1.91. The van der Waals surface area contributed by atoms with E-state index in [0.717, 1.165) is 6.42 Å². The molecule has 0 fully saturated rings. The normalized spacial score (nSPS) is 10.9. The molecule has 0 heterocycles. The second-order valence-corrected chi connectivity index (χ2v) is 6.24. The van der Waals surface area contributed by atoms with Crippen molar-refractivity contribution in [3.63, 3.8) is 0 Å². The zero-order valence-corrected chi connectivity index (χ0v) is 13.1. The Balaban J connectivity index is 2.86. The van der Waals surface area contributed by atoms with Gasteiger partial charge in [-0.2, -0.15) is 11.8 Å². The molecule has 0 bridgehead atoms. The summed E-state index contributed by atoms with van der Waals surface area (Å²) in [5.74, 6) is 2.66. The fourth-order valence-electron chi connectivity index (χ4n) is 2.01. The van der Waals surface area contributed by atoms with Crippen molar-refractivity contribution in [2.75, 3.05) is 18.1 Å². The van der Waals surface area contributed by atoms with Crippen LogP contribution in [0.1, 0.15) is 77.6 Å². The molecule has 0 saturated carbocycles. The van der Waals surface area contributed by atoms with Crippen LogP contribution < -0.4 is 0 Å². The van der Waals surface area contributed by atoms with Crippen LogP contribution in [-0.4, -0.2) is 26.2 Å². The third kappa shape index (κ3) is 16.4. The fraction of sp³-hybridized carbons (Fsp3) is 1.00. The summed E-state index contributed by atoms with van der Waals surface area (Å²) in [5.41, 5.74) is 0. The van der Waals surface area contributed by atoms with Crippen molar-refractivity contribution < 1.29 is 4.65 Å². The Morgan fingerprint density at radius 2 is 1.22 bits per heavy atom. The van der Waals surface area contributed by atoms with Crippen LogP contribution in [-0.2, 0) is 4.65 Å². The second-order valence-electron chi connectivity index (χ2n) is 5.02. The van der Waals surface area contributed by atoms with Crippen molar-refractivity contribution in [1.29, 1.82) is 0 Å². The number of rotatable bonds is 15. The van der Waals surface area contributed by atoms with Gasteiger partial charge in [-0.05, 0) is 30.8 Å². The van der Waals surface area contributed by atoms with Gasteiger partial charge in [-0.3, -0.25) is 0 Å². The van der Waals surface area contributed by atoms with Crippen molar-refractivity contribution in [3.8, 4) is 0 Å². The molecule has 0 unspecified atom stereocenters. The van der Waals surface area contributed by atoms with Crippen LogP contribution in [0.25, 0.3) is 0 Å². The largest absolute Gasteiger partial charge is 0.448 e. The van der Waals surface area contributed by atoms with E-state index in [1.54, 1.807) is 0 Å². The average Bonchev–Trinajstić information content (AvgIpc) is 2.39. The first kappa shape index (κ1) is 18.4. The summed E-state index contributed by atoms with van der Waals surface area (Å²) in [6.45, 7) is 2.99. The maximum Gasteiger partial charge on any atom is 0.282 e. The van der Waals surface area contributed by atoms with Crippen LogP contribution in [0, 0.1) is 0 Å². The van der Waals surface area contributed by atoms with Crippen LogP contribution in [0.5, 0.6) is 0 Å². The van der Waals surface area contributed by atoms with Gasteiger partial charge in [0.05, 0.1) is 0 Å². The van der Waals surface area contributed by atoms with Crippen molar-refractivity contribution >= 4 is 19.8 Å². The molecule has 1 nitrogen and oxygen atoms in total. The summed E-state index contributed by atoms with van der Waals surface area (Å²) in [6.07, 6.45) is 15.1. The molecule has 0 saturated heterocycles. The summed E-state index contributed by atoms with van der Waals surface area (Å²) in [5, 5.41) is 0. The molecule has 106 valence electrons. The zero-order valence-electron chi connectivity index (χ0n) is 12.3. The van der Waals surface area contributed by atoms with Gasteiger partial charge in [0.1, 0.15) is 0 Å². The molecule has 0 N–H and O–H groups in total. The van der Waals surface area contributed by atoms with E-state index in [1.807, 2.05) is 0 Å². The number of unbranched alkanes of at least 4 members (excludes halogenated alkanes) is 9. The topological polar surface area (TPSA) is 9.23 Å². The van der Waals surface area contributed by atoms with E-state index in [0.29, 0.717) is 6.61 Å². The molecule has 0 spiro atoms. The standard InChI is InChI=1S/C15H31BOS/c1-2-3-4-5-6-7-8-11-14-18-15-12-9-10-13-17-16/h2-15H2,1H3. The van der Waals surface area contributed by atoms with Crippen LogP contribution >= 0.6 is 11.8 Å². The Morgan fingerprint density at radius 3 is 1.78 bits per heavy atom. The molecule has 2 radical (unpaired) electrons. The van der Waals surface area contributed by atoms with Gasteiger partial charge in [-0.25, -0.2) is 0 Å². The van der Waals surface area contributed by atoms with Crippen molar-refractivity contribution in [3.05, 3.63) is 0 Å². The quantitative estimate of drug-likeness (QED) is 0.301. The third-order valence-electron chi connectivity index (χ3n) is 3.19. The van der Waals surface area contributed by atoms with E-state index in [4.69, 9.17) is 8.05 Å².